The fourth-order valence-corrected chi connectivity index (χ4v) is 4.41. The number of benzene rings is 1. The Morgan fingerprint density at radius 3 is 2.82 bits per heavy atom. The number of carbonyl (C=O) groups excluding carboxylic acids is 3. The topological polar surface area (TPSA) is 126 Å². The summed E-state index contributed by atoms with van der Waals surface area (Å²) in [5.74, 6) is -0.733. The number of esters is 1. The molecule has 1 atom stereocenters. The number of nitrogens with one attached hydrogen (secondary N) is 1. The summed E-state index contributed by atoms with van der Waals surface area (Å²) in [7, 11) is 1.50. The molecule has 0 radical (unpaired) electrons. The van der Waals surface area contributed by atoms with E-state index in [1.807, 2.05) is 0 Å². The Bertz CT molecular complexity index is 1330. The zero-order valence-corrected chi connectivity index (χ0v) is 19.0. The molecule has 0 aliphatic carbocycles. The van der Waals surface area contributed by atoms with Crippen molar-refractivity contribution in [2.24, 2.45) is 0 Å². The molecule has 0 fully saturated rings. The van der Waals surface area contributed by atoms with E-state index in [1.54, 1.807) is 26.0 Å². The van der Waals surface area contributed by atoms with E-state index in [1.165, 1.54) is 24.1 Å². The molecule has 33 heavy (non-hydrogen) atoms. The van der Waals surface area contributed by atoms with E-state index in [0.29, 0.717) is 27.4 Å². The molecule has 2 aromatic heterocycles. The number of rotatable bonds is 7. The van der Waals surface area contributed by atoms with Gasteiger partial charge in [0.15, 0.2) is 11.9 Å². The highest BCUT2D eigenvalue weighted by molar-refractivity contribution is 7.20. The van der Waals surface area contributed by atoms with E-state index in [2.05, 4.69) is 10.3 Å². The summed E-state index contributed by atoms with van der Waals surface area (Å²) in [6.07, 6.45) is 0.662. The zero-order valence-electron chi connectivity index (χ0n) is 18.2. The minimum atomic E-state index is -0.619. The third-order valence-corrected chi connectivity index (χ3v) is 6.35. The van der Waals surface area contributed by atoms with Crippen molar-refractivity contribution in [2.75, 3.05) is 25.6 Å². The van der Waals surface area contributed by atoms with Crippen molar-refractivity contribution in [3.63, 3.8) is 0 Å². The Hall–Kier alpha value is -3.57. The van der Waals surface area contributed by atoms with Crippen molar-refractivity contribution in [1.29, 1.82) is 0 Å². The number of aryl methyl sites for hydroxylation is 1. The molecule has 1 N–H and O–H groups in total. The Kier molecular flexibility index (Phi) is 6.25. The first-order valence-electron chi connectivity index (χ1n) is 10.1. The van der Waals surface area contributed by atoms with Crippen molar-refractivity contribution in [1.82, 2.24) is 9.55 Å². The second-order valence-corrected chi connectivity index (χ2v) is 8.43. The number of methoxy groups -OCH3 is 1. The molecule has 0 bridgehead atoms. The minimum Gasteiger partial charge on any atom is -0.479 e. The van der Waals surface area contributed by atoms with Crippen LogP contribution in [-0.2, 0) is 20.8 Å². The Morgan fingerprint density at radius 2 is 2.06 bits per heavy atom. The van der Waals surface area contributed by atoms with Crippen LogP contribution in [0.5, 0.6) is 5.75 Å². The van der Waals surface area contributed by atoms with E-state index < -0.39 is 17.6 Å². The molecule has 11 heteroatoms. The molecular formula is C22H21N3O7S. The van der Waals surface area contributed by atoms with Crippen LogP contribution in [-0.4, -0.2) is 53.6 Å². The van der Waals surface area contributed by atoms with Crippen molar-refractivity contribution in [3.05, 3.63) is 50.9 Å². The molecule has 3 aromatic rings. The molecule has 0 spiro atoms. The lowest BCUT2D eigenvalue weighted by atomic mass is 10.1. The highest BCUT2D eigenvalue weighted by atomic mass is 32.1. The van der Waals surface area contributed by atoms with Crippen LogP contribution < -0.4 is 15.6 Å². The van der Waals surface area contributed by atoms with Gasteiger partial charge in [0.1, 0.15) is 22.1 Å². The maximum absolute atomic E-state index is 13.1. The van der Waals surface area contributed by atoms with Crippen LogP contribution in [0.4, 0.5) is 5.69 Å². The molecule has 1 aliphatic heterocycles. The molecule has 3 heterocycles. The summed E-state index contributed by atoms with van der Waals surface area (Å²) in [5, 5.41) is 2.97. The quantitative estimate of drug-likeness (QED) is 0.316. The predicted octanol–water partition coefficient (Wildman–Crippen LogP) is 2.17. The minimum absolute atomic E-state index is 0.0976. The first-order chi connectivity index (χ1) is 15.8. The maximum Gasteiger partial charge on any atom is 0.348 e. The number of nitrogens with zero attached hydrogens (tertiary/aromatic N) is 2. The van der Waals surface area contributed by atoms with Crippen molar-refractivity contribution >= 4 is 44.9 Å². The second kappa shape index (κ2) is 9.12. The van der Waals surface area contributed by atoms with Crippen molar-refractivity contribution in [3.8, 4) is 5.75 Å². The van der Waals surface area contributed by atoms with Gasteiger partial charge in [-0.3, -0.25) is 19.0 Å². The van der Waals surface area contributed by atoms with Gasteiger partial charge in [-0.2, -0.15) is 0 Å². The van der Waals surface area contributed by atoms with Crippen LogP contribution in [0, 0.1) is 6.92 Å². The van der Waals surface area contributed by atoms with Crippen molar-refractivity contribution < 1.29 is 28.6 Å². The number of amides is 1. The molecule has 1 aliphatic rings. The summed E-state index contributed by atoms with van der Waals surface area (Å²) >= 11 is 1.07. The number of anilines is 1. The Balaban J connectivity index is 1.59. The molecule has 0 saturated heterocycles. The summed E-state index contributed by atoms with van der Waals surface area (Å²) in [4.78, 5) is 55.0. The number of aromatic nitrogens is 2. The molecule has 4 rings (SSSR count). The summed E-state index contributed by atoms with van der Waals surface area (Å²) in [6, 6.07) is 4.70. The number of thiophene rings is 1. The first kappa shape index (κ1) is 22.6. The lowest BCUT2D eigenvalue weighted by molar-refractivity contribution is -0.122. The predicted molar refractivity (Wildman–Crippen MR) is 120 cm³/mol. The number of fused-ring (bicyclic) bond motifs is 2. The molecule has 1 unspecified atom stereocenters. The Labute approximate surface area is 192 Å². The average molecular weight is 471 g/mol. The first-order valence-corrected chi connectivity index (χ1v) is 10.9. The normalized spacial score (nSPS) is 15.0. The average Bonchev–Trinajstić information content (AvgIpc) is 3.13. The van der Waals surface area contributed by atoms with Gasteiger partial charge in [0.25, 0.3) is 11.5 Å². The van der Waals surface area contributed by atoms with E-state index in [4.69, 9.17) is 14.2 Å². The molecule has 10 nitrogen and oxygen atoms in total. The summed E-state index contributed by atoms with van der Waals surface area (Å²) in [5.41, 5.74) is 0.736. The summed E-state index contributed by atoms with van der Waals surface area (Å²) < 4.78 is 16.7. The van der Waals surface area contributed by atoms with Crippen LogP contribution in [0.3, 0.4) is 0 Å². The standard InChI is InChI=1S/C22H21N3O7S/c1-11-17-20(33-18(11)22(29)31-7-6-30-3)23-10-25(21(17)28)9-15(26)13-4-5-16-14(8-13)24-19(27)12(2)32-16/h4-5,8,10,12H,6-7,9H2,1-3H3,(H,24,27). The van der Waals surface area contributed by atoms with E-state index >= 15 is 0 Å². The number of ketones is 1. The number of Topliss-reactive ketones (excluding diaryl/α,β-unsaturated/α-hetero) is 1. The van der Waals surface area contributed by atoms with Gasteiger partial charge in [0.05, 0.1) is 30.6 Å². The van der Waals surface area contributed by atoms with Crippen LogP contribution in [0.1, 0.15) is 32.5 Å². The maximum atomic E-state index is 13.1. The Morgan fingerprint density at radius 1 is 1.27 bits per heavy atom. The van der Waals surface area contributed by atoms with Gasteiger partial charge in [-0.25, -0.2) is 9.78 Å². The molecule has 1 amide bonds. The van der Waals surface area contributed by atoms with Crippen LogP contribution in [0.15, 0.2) is 29.3 Å². The molecular weight excluding hydrogens is 450 g/mol. The van der Waals surface area contributed by atoms with E-state index in [-0.39, 0.29) is 41.7 Å². The largest absolute Gasteiger partial charge is 0.479 e. The third-order valence-electron chi connectivity index (χ3n) is 5.17. The lowest BCUT2D eigenvalue weighted by Crippen LogP contribution is -2.34. The third kappa shape index (κ3) is 4.37. The SMILES string of the molecule is COCCOC(=O)c1sc2ncn(CC(=O)c3ccc4c(c3)NC(=O)C(C)O4)c(=O)c2c1C. The van der Waals surface area contributed by atoms with E-state index in [0.717, 1.165) is 11.3 Å². The number of hydrogen-bond donors (Lipinski definition) is 1. The highest BCUT2D eigenvalue weighted by Gasteiger charge is 2.25. The fourth-order valence-electron chi connectivity index (χ4n) is 3.38. The van der Waals surface area contributed by atoms with Crippen LogP contribution in [0.2, 0.25) is 0 Å². The van der Waals surface area contributed by atoms with Gasteiger partial charge in [-0.05, 0) is 37.6 Å². The number of carbonyl (C=O) groups is 3. The zero-order chi connectivity index (χ0) is 23.7. The second-order valence-electron chi connectivity index (χ2n) is 7.43. The van der Waals surface area contributed by atoms with Gasteiger partial charge < -0.3 is 19.5 Å². The smallest absolute Gasteiger partial charge is 0.348 e. The van der Waals surface area contributed by atoms with Gasteiger partial charge in [0, 0.05) is 12.7 Å². The number of ether oxygens (including phenoxy) is 3. The summed E-state index contributed by atoms with van der Waals surface area (Å²) in [6.45, 7) is 3.38. The van der Waals surface area contributed by atoms with Gasteiger partial charge in [0.2, 0.25) is 0 Å². The van der Waals surface area contributed by atoms with E-state index in [9.17, 15) is 19.2 Å². The monoisotopic (exact) mass is 471 g/mol. The van der Waals surface area contributed by atoms with Crippen molar-refractivity contribution in [2.45, 2.75) is 26.5 Å². The fraction of sp³-hybridized carbons (Fsp3) is 0.318. The number of hydrogen-bond acceptors (Lipinski definition) is 9. The highest BCUT2D eigenvalue weighted by Crippen LogP contribution is 2.31. The van der Waals surface area contributed by atoms with Crippen LogP contribution >= 0.6 is 11.3 Å². The van der Waals surface area contributed by atoms with Gasteiger partial charge in [-0.15, -0.1) is 11.3 Å². The van der Waals surface area contributed by atoms with Gasteiger partial charge >= 0.3 is 5.97 Å². The molecule has 172 valence electrons. The van der Waals surface area contributed by atoms with Crippen LogP contribution in [0.25, 0.3) is 10.2 Å². The molecule has 0 saturated carbocycles. The molecule has 1 aromatic carbocycles. The van der Waals surface area contributed by atoms with Gasteiger partial charge in [-0.1, -0.05) is 0 Å². The lowest BCUT2D eigenvalue weighted by Gasteiger charge is -2.23.